The first kappa shape index (κ1) is 15.4. The summed E-state index contributed by atoms with van der Waals surface area (Å²) in [6.45, 7) is 1.85. The fraction of sp³-hybridized carbons (Fsp3) is 0.526. The summed E-state index contributed by atoms with van der Waals surface area (Å²) < 4.78 is 0. The van der Waals surface area contributed by atoms with Crippen LogP contribution in [-0.4, -0.2) is 35.2 Å². The highest BCUT2D eigenvalue weighted by molar-refractivity contribution is 6.22. The van der Waals surface area contributed by atoms with Crippen LogP contribution in [0.1, 0.15) is 53.3 Å². The fourth-order valence-electron chi connectivity index (χ4n) is 4.84. The maximum Gasteiger partial charge on any atom is 0.262 e. The van der Waals surface area contributed by atoms with Gasteiger partial charge in [-0.05, 0) is 56.1 Å². The van der Waals surface area contributed by atoms with Crippen molar-refractivity contribution in [2.24, 2.45) is 17.8 Å². The van der Waals surface area contributed by atoms with Gasteiger partial charge in [0.15, 0.2) is 0 Å². The molecule has 2 aliphatic carbocycles. The number of hydrogen-bond acceptors (Lipinski definition) is 3. The van der Waals surface area contributed by atoms with Gasteiger partial charge in [-0.25, -0.2) is 0 Å². The van der Waals surface area contributed by atoms with Gasteiger partial charge in [0.05, 0.1) is 11.1 Å². The number of nitrogens with zero attached hydrogens (tertiary/aromatic N) is 1. The van der Waals surface area contributed by atoms with E-state index in [0.717, 1.165) is 16.7 Å². The van der Waals surface area contributed by atoms with E-state index in [1.165, 1.54) is 25.7 Å². The quantitative estimate of drug-likeness (QED) is 0.863. The van der Waals surface area contributed by atoms with Gasteiger partial charge in [0, 0.05) is 6.04 Å². The number of carbonyl (C=O) groups is 3. The minimum atomic E-state index is -0.377. The molecule has 1 heterocycles. The molecule has 24 heavy (non-hydrogen) atoms. The predicted octanol–water partition coefficient (Wildman–Crippen LogP) is 2.22. The summed E-state index contributed by atoms with van der Waals surface area (Å²) >= 11 is 0. The predicted molar refractivity (Wildman–Crippen MR) is 88.4 cm³/mol. The Kier molecular flexibility index (Phi) is 3.66. The van der Waals surface area contributed by atoms with Gasteiger partial charge in [-0.15, -0.1) is 0 Å². The molecule has 3 amide bonds. The Morgan fingerprint density at radius 2 is 1.83 bits per heavy atom. The molecule has 1 aromatic rings. The highest BCUT2D eigenvalue weighted by Crippen LogP contribution is 2.49. The van der Waals surface area contributed by atoms with Crippen LogP contribution < -0.4 is 5.32 Å². The minimum absolute atomic E-state index is 0.1000. The lowest BCUT2D eigenvalue weighted by Gasteiger charge is -2.29. The third-order valence-corrected chi connectivity index (χ3v) is 6.00. The van der Waals surface area contributed by atoms with Gasteiger partial charge in [0.25, 0.3) is 11.8 Å². The van der Waals surface area contributed by atoms with Crippen molar-refractivity contribution >= 4 is 17.7 Å². The van der Waals surface area contributed by atoms with Crippen molar-refractivity contribution in [3.05, 3.63) is 35.4 Å². The monoisotopic (exact) mass is 326 g/mol. The highest BCUT2D eigenvalue weighted by atomic mass is 16.2. The molecule has 1 aromatic carbocycles. The van der Waals surface area contributed by atoms with E-state index in [9.17, 15) is 14.4 Å². The van der Waals surface area contributed by atoms with Gasteiger partial charge in [-0.2, -0.15) is 0 Å². The molecule has 2 fully saturated rings. The van der Waals surface area contributed by atoms with E-state index in [4.69, 9.17) is 0 Å². The lowest BCUT2D eigenvalue weighted by Crippen LogP contribution is -2.46. The van der Waals surface area contributed by atoms with Crippen molar-refractivity contribution in [3.63, 3.8) is 0 Å². The number of carbonyl (C=O) groups excluding carboxylic acids is 3. The normalized spacial score (nSPS) is 29.0. The van der Waals surface area contributed by atoms with E-state index >= 15 is 0 Å². The zero-order chi connectivity index (χ0) is 16.8. The lowest BCUT2D eigenvalue weighted by atomic mass is 9.84. The highest BCUT2D eigenvalue weighted by Gasteiger charge is 2.42. The SMILES string of the molecule is C[C@@H](NC(=O)CN1C(=O)c2ccccc2C1=O)[C@@H]1C[C@H]2CC[C@H]1C2. The Labute approximate surface area is 141 Å². The Morgan fingerprint density at radius 1 is 1.17 bits per heavy atom. The van der Waals surface area contributed by atoms with E-state index in [1.807, 2.05) is 6.92 Å². The molecule has 4 rings (SSSR count). The molecular weight excluding hydrogens is 304 g/mol. The summed E-state index contributed by atoms with van der Waals surface area (Å²) in [4.78, 5) is 38.0. The fourth-order valence-corrected chi connectivity index (χ4v) is 4.84. The molecule has 1 N–H and O–H groups in total. The van der Waals surface area contributed by atoms with Crippen LogP contribution in [-0.2, 0) is 4.79 Å². The first-order valence-electron chi connectivity index (χ1n) is 8.79. The van der Waals surface area contributed by atoms with E-state index in [0.29, 0.717) is 17.0 Å². The summed E-state index contributed by atoms with van der Waals surface area (Å²) in [6, 6.07) is 6.81. The van der Waals surface area contributed by atoms with Crippen LogP contribution in [0.5, 0.6) is 0 Å². The zero-order valence-electron chi connectivity index (χ0n) is 13.8. The van der Waals surface area contributed by atoms with E-state index in [2.05, 4.69) is 5.32 Å². The summed E-state index contributed by atoms with van der Waals surface area (Å²) in [7, 11) is 0. The molecule has 0 spiro atoms. The number of nitrogens with one attached hydrogen (secondary N) is 1. The molecule has 0 radical (unpaired) electrons. The Balaban J connectivity index is 1.38. The third kappa shape index (κ3) is 2.43. The van der Waals surface area contributed by atoms with Crippen LogP contribution in [0.4, 0.5) is 0 Å². The van der Waals surface area contributed by atoms with Crippen molar-refractivity contribution in [2.75, 3.05) is 6.54 Å². The lowest BCUT2D eigenvalue weighted by molar-refractivity contribution is -0.122. The number of rotatable bonds is 4. The average molecular weight is 326 g/mol. The van der Waals surface area contributed by atoms with Crippen LogP contribution >= 0.6 is 0 Å². The van der Waals surface area contributed by atoms with Crippen LogP contribution in [0.15, 0.2) is 24.3 Å². The Hall–Kier alpha value is -2.17. The topological polar surface area (TPSA) is 66.5 Å². The molecule has 126 valence electrons. The summed E-state index contributed by atoms with van der Waals surface area (Å²) in [5.41, 5.74) is 0.771. The molecule has 2 bridgehead atoms. The standard InChI is InChI=1S/C19H22N2O3/c1-11(16-9-12-6-7-13(16)8-12)20-17(22)10-21-18(23)14-4-2-3-5-15(14)19(21)24/h2-5,11-13,16H,6-10H2,1H3,(H,20,22)/t11-,12+,13+,16+/m1/s1. The van der Waals surface area contributed by atoms with Gasteiger partial charge < -0.3 is 5.32 Å². The van der Waals surface area contributed by atoms with Crippen molar-refractivity contribution < 1.29 is 14.4 Å². The van der Waals surface area contributed by atoms with Crippen molar-refractivity contribution in [1.29, 1.82) is 0 Å². The van der Waals surface area contributed by atoms with E-state index in [-0.39, 0.29) is 30.3 Å². The van der Waals surface area contributed by atoms with Crippen LogP contribution in [0.2, 0.25) is 0 Å². The molecule has 0 saturated heterocycles. The van der Waals surface area contributed by atoms with Crippen LogP contribution in [0.3, 0.4) is 0 Å². The first-order chi connectivity index (χ1) is 11.5. The second-order valence-electron chi connectivity index (χ2n) is 7.44. The average Bonchev–Trinajstić information content (AvgIpc) is 3.26. The zero-order valence-corrected chi connectivity index (χ0v) is 13.8. The second-order valence-corrected chi connectivity index (χ2v) is 7.44. The summed E-state index contributed by atoms with van der Waals surface area (Å²) in [5.74, 6) is 1.09. The van der Waals surface area contributed by atoms with Gasteiger partial charge in [0.2, 0.25) is 5.91 Å². The van der Waals surface area contributed by atoms with Crippen LogP contribution in [0.25, 0.3) is 0 Å². The van der Waals surface area contributed by atoms with Gasteiger partial charge in [0.1, 0.15) is 6.54 Å². The Morgan fingerprint density at radius 3 is 2.38 bits per heavy atom. The second kappa shape index (κ2) is 5.72. The van der Waals surface area contributed by atoms with Crippen LogP contribution in [0, 0.1) is 17.8 Å². The molecule has 0 aromatic heterocycles. The molecule has 2 saturated carbocycles. The van der Waals surface area contributed by atoms with Gasteiger partial charge >= 0.3 is 0 Å². The molecule has 4 atom stereocenters. The van der Waals surface area contributed by atoms with Gasteiger partial charge in [-0.3, -0.25) is 19.3 Å². The Bertz CT molecular complexity index is 679. The largest absolute Gasteiger partial charge is 0.352 e. The van der Waals surface area contributed by atoms with Gasteiger partial charge in [-0.1, -0.05) is 18.6 Å². The number of imide groups is 1. The molecular formula is C19H22N2O3. The molecule has 0 unspecified atom stereocenters. The smallest absolute Gasteiger partial charge is 0.262 e. The maximum atomic E-state index is 12.4. The number of hydrogen-bond donors (Lipinski definition) is 1. The summed E-state index contributed by atoms with van der Waals surface area (Å²) in [5, 5.41) is 3.02. The first-order valence-corrected chi connectivity index (χ1v) is 8.79. The minimum Gasteiger partial charge on any atom is -0.352 e. The molecule has 5 nitrogen and oxygen atoms in total. The number of fused-ring (bicyclic) bond motifs is 3. The van der Waals surface area contributed by atoms with Crippen molar-refractivity contribution in [1.82, 2.24) is 10.2 Å². The van der Waals surface area contributed by atoms with E-state index < -0.39 is 0 Å². The number of benzene rings is 1. The van der Waals surface area contributed by atoms with E-state index in [1.54, 1.807) is 24.3 Å². The maximum absolute atomic E-state index is 12.4. The number of amides is 3. The van der Waals surface area contributed by atoms with Crippen molar-refractivity contribution in [3.8, 4) is 0 Å². The molecule has 1 aliphatic heterocycles. The third-order valence-electron chi connectivity index (χ3n) is 6.00. The summed E-state index contributed by atoms with van der Waals surface area (Å²) in [6.07, 6.45) is 5.09. The molecule has 5 heteroatoms. The molecule has 3 aliphatic rings. The van der Waals surface area contributed by atoms with Crippen molar-refractivity contribution in [2.45, 2.75) is 38.6 Å².